The Balaban J connectivity index is 2.49. The van der Waals surface area contributed by atoms with Crippen LogP contribution in [0, 0.1) is 11.3 Å². The average molecular weight is 240 g/mol. The van der Waals surface area contributed by atoms with Crippen molar-refractivity contribution < 1.29 is 4.79 Å². The predicted molar refractivity (Wildman–Crippen MR) is 68.7 cm³/mol. The van der Waals surface area contributed by atoms with Crippen LogP contribution in [-0.2, 0) is 4.79 Å². The van der Waals surface area contributed by atoms with E-state index >= 15 is 0 Å². The summed E-state index contributed by atoms with van der Waals surface area (Å²) in [5.41, 5.74) is 6.33. The highest BCUT2D eigenvalue weighted by atomic mass is 16.1. The van der Waals surface area contributed by atoms with Crippen LogP contribution in [0.25, 0.3) is 10.9 Å². The lowest BCUT2D eigenvalue weighted by atomic mass is 10.1. The Kier molecular flexibility index (Phi) is 3.11. The summed E-state index contributed by atoms with van der Waals surface area (Å²) in [6.07, 6.45) is 0. The molecule has 1 amide bonds. The molecule has 1 heterocycles. The molecule has 1 aromatic heterocycles. The van der Waals surface area contributed by atoms with Gasteiger partial charge in [-0.2, -0.15) is 5.26 Å². The highest BCUT2D eigenvalue weighted by Gasteiger charge is 2.12. The minimum absolute atomic E-state index is 0.377. The lowest BCUT2D eigenvalue weighted by Crippen LogP contribution is -2.33. The Hall–Kier alpha value is -2.61. The molecule has 0 aliphatic heterocycles. The third-order valence-corrected chi connectivity index (χ3v) is 2.62. The van der Waals surface area contributed by atoms with Gasteiger partial charge in [0.1, 0.15) is 17.9 Å². The molecule has 18 heavy (non-hydrogen) atoms. The minimum Gasteiger partial charge on any atom is -0.368 e. The zero-order valence-electron chi connectivity index (χ0n) is 9.84. The van der Waals surface area contributed by atoms with E-state index in [2.05, 4.69) is 16.4 Å². The number of rotatable bonds is 3. The van der Waals surface area contributed by atoms with Gasteiger partial charge < -0.3 is 11.1 Å². The Bertz CT molecular complexity index is 645. The van der Waals surface area contributed by atoms with Gasteiger partial charge in [-0.05, 0) is 19.1 Å². The number of pyridine rings is 1. The topological polar surface area (TPSA) is 91.8 Å². The fourth-order valence-electron chi connectivity index (χ4n) is 1.59. The van der Waals surface area contributed by atoms with Crippen LogP contribution >= 0.6 is 0 Å². The molecule has 2 rings (SSSR count). The second kappa shape index (κ2) is 4.72. The number of aromatic nitrogens is 1. The molecule has 1 aromatic carbocycles. The third-order valence-electron chi connectivity index (χ3n) is 2.62. The fraction of sp³-hybridized carbons (Fsp3) is 0.154. The summed E-state index contributed by atoms with van der Waals surface area (Å²) in [6.45, 7) is 1.63. The maximum Gasteiger partial charge on any atom is 0.239 e. The summed E-state index contributed by atoms with van der Waals surface area (Å²) < 4.78 is 0. The molecule has 2 aromatic rings. The number of anilines is 1. The first-order chi connectivity index (χ1) is 8.61. The van der Waals surface area contributed by atoms with Crippen molar-refractivity contribution in [1.29, 1.82) is 5.26 Å². The van der Waals surface area contributed by atoms with Crippen LogP contribution in [0.5, 0.6) is 0 Å². The Labute approximate surface area is 104 Å². The van der Waals surface area contributed by atoms with E-state index in [1.165, 1.54) is 0 Å². The number of amides is 1. The number of nitrogens with two attached hydrogens (primary N) is 1. The van der Waals surface area contributed by atoms with Gasteiger partial charge in [0.05, 0.1) is 11.1 Å². The first kappa shape index (κ1) is 11.9. The monoisotopic (exact) mass is 240 g/mol. The van der Waals surface area contributed by atoms with Crippen LogP contribution in [0.1, 0.15) is 12.5 Å². The standard InChI is InChI=1S/C13H12N4O/c1-8(12(15)18)16-13-10(7-14)6-9-4-2-3-5-11(9)17-13/h2-6,8H,1H3,(H2,15,18)(H,16,17). The summed E-state index contributed by atoms with van der Waals surface area (Å²) in [6, 6.07) is 10.7. The van der Waals surface area contributed by atoms with Gasteiger partial charge in [0.25, 0.3) is 0 Å². The van der Waals surface area contributed by atoms with Gasteiger partial charge in [-0.15, -0.1) is 0 Å². The van der Waals surface area contributed by atoms with Crippen LogP contribution in [0.15, 0.2) is 30.3 Å². The van der Waals surface area contributed by atoms with Crippen LogP contribution in [0.4, 0.5) is 5.82 Å². The number of nitrogens with one attached hydrogen (secondary N) is 1. The van der Waals surface area contributed by atoms with Gasteiger partial charge in [0, 0.05) is 5.39 Å². The highest BCUT2D eigenvalue weighted by molar-refractivity contribution is 5.85. The zero-order chi connectivity index (χ0) is 13.1. The Morgan fingerprint density at radius 1 is 1.50 bits per heavy atom. The van der Waals surface area contributed by atoms with Gasteiger partial charge in [0.15, 0.2) is 0 Å². The molecule has 5 heteroatoms. The number of nitrogens with zero attached hydrogens (tertiary/aromatic N) is 2. The van der Waals surface area contributed by atoms with Crippen molar-refractivity contribution in [2.24, 2.45) is 5.73 Å². The summed E-state index contributed by atoms with van der Waals surface area (Å²) in [7, 11) is 0. The lowest BCUT2D eigenvalue weighted by Gasteiger charge is -2.12. The largest absolute Gasteiger partial charge is 0.368 e. The van der Waals surface area contributed by atoms with E-state index in [9.17, 15) is 4.79 Å². The Morgan fingerprint density at radius 2 is 2.22 bits per heavy atom. The normalized spacial score (nSPS) is 11.8. The van der Waals surface area contributed by atoms with E-state index < -0.39 is 11.9 Å². The smallest absolute Gasteiger partial charge is 0.239 e. The van der Waals surface area contributed by atoms with E-state index in [1.54, 1.807) is 13.0 Å². The lowest BCUT2D eigenvalue weighted by molar-refractivity contribution is -0.118. The maximum atomic E-state index is 11.0. The van der Waals surface area contributed by atoms with Crippen molar-refractivity contribution in [3.63, 3.8) is 0 Å². The molecule has 0 bridgehead atoms. The molecule has 0 saturated carbocycles. The van der Waals surface area contributed by atoms with Crippen molar-refractivity contribution in [3.8, 4) is 6.07 Å². The molecule has 1 atom stereocenters. The van der Waals surface area contributed by atoms with Crippen molar-refractivity contribution in [1.82, 2.24) is 4.98 Å². The van der Waals surface area contributed by atoms with E-state index in [-0.39, 0.29) is 0 Å². The molecule has 0 radical (unpaired) electrons. The van der Waals surface area contributed by atoms with E-state index in [0.717, 1.165) is 10.9 Å². The molecule has 90 valence electrons. The first-order valence-corrected chi connectivity index (χ1v) is 5.47. The number of benzene rings is 1. The third kappa shape index (κ3) is 2.23. The number of carbonyl (C=O) groups is 1. The summed E-state index contributed by atoms with van der Waals surface area (Å²) >= 11 is 0. The predicted octanol–water partition coefficient (Wildman–Crippen LogP) is 1.39. The Morgan fingerprint density at radius 3 is 2.89 bits per heavy atom. The van der Waals surface area contributed by atoms with Crippen molar-refractivity contribution in [2.75, 3.05) is 5.32 Å². The van der Waals surface area contributed by atoms with Crippen LogP contribution in [0.2, 0.25) is 0 Å². The van der Waals surface area contributed by atoms with Gasteiger partial charge in [0.2, 0.25) is 5.91 Å². The molecular weight excluding hydrogens is 228 g/mol. The molecule has 0 fully saturated rings. The number of primary amides is 1. The SMILES string of the molecule is CC(Nc1nc2ccccc2cc1C#N)C(N)=O. The molecule has 1 unspecified atom stereocenters. The number of carbonyl (C=O) groups excluding carboxylic acids is 1. The van der Waals surface area contributed by atoms with Gasteiger partial charge >= 0.3 is 0 Å². The van der Waals surface area contributed by atoms with Crippen LogP contribution < -0.4 is 11.1 Å². The van der Waals surface area contributed by atoms with Crippen LogP contribution in [-0.4, -0.2) is 16.9 Å². The fourth-order valence-corrected chi connectivity index (χ4v) is 1.59. The van der Waals surface area contributed by atoms with Crippen molar-refractivity contribution in [3.05, 3.63) is 35.9 Å². The molecule has 0 aliphatic carbocycles. The molecule has 5 nitrogen and oxygen atoms in total. The molecular formula is C13H12N4O. The second-order valence-electron chi connectivity index (χ2n) is 3.96. The van der Waals surface area contributed by atoms with E-state index in [4.69, 9.17) is 11.0 Å². The highest BCUT2D eigenvalue weighted by Crippen LogP contribution is 2.20. The van der Waals surface area contributed by atoms with Crippen molar-refractivity contribution >= 4 is 22.6 Å². The number of fused-ring (bicyclic) bond motifs is 1. The summed E-state index contributed by atoms with van der Waals surface area (Å²) in [5, 5.41) is 12.8. The van der Waals surface area contributed by atoms with E-state index in [1.807, 2.05) is 24.3 Å². The zero-order valence-corrected chi connectivity index (χ0v) is 9.84. The molecule has 3 N–H and O–H groups in total. The van der Waals surface area contributed by atoms with Gasteiger partial charge in [-0.1, -0.05) is 18.2 Å². The summed E-state index contributed by atoms with van der Waals surface area (Å²) in [4.78, 5) is 15.3. The van der Waals surface area contributed by atoms with Gasteiger partial charge in [-0.3, -0.25) is 4.79 Å². The van der Waals surface area contributed by atoms with E-state index in [0.29, 0.717) is 11.4 Å². The quantitative estimate of drug-likeness (QED) is 0.848. The first-order valence-electron chi connectivity index (χ1n) is 5.47. The maximum absolute atomic E-state index is 11.0. The average Bonchev–Trinajstić information content (AvgIpc) is 2.37. The minimum atomic E-state index is -0.578. The number of hydrogen-bond acceptors (Lipinski definition) is 4. The molecule has 0 spiro atoms. The summed E-state index contributed by atoms with van der Waals surface area (Å²) in [5.74, 6) is -0.114. The molecule has 0 aliphatic rings. The number of hydrogen-bond donors (Lipinski definition) is 2. The number of para-hydroxylation sites is 1. The van der Waals surface area contributed by atoms with Crippen molar-refractivity contribution in [2.45, 2.75) is 13.0 Å². The molecule has 0 saturated heterocycles. The van der Waals surface area contributed by atoms with Crippen LogP contribution in [0.3, 0.4) is 0 Å². The second-order valence-corrected chi connectivity index (χ2v) is 3.96. The van der Waals surface area contributed by atoms with Gasteiger partial charge in [-0.25, -0.2) is 4.98 Å². The number of nitriles is 1.